The first-order chi connectivity index (χ1) is 13.4. The molecule has 3 aromatic rings. The lowest BCUT2D eigenvalue weighted by Crippen LogP contribution is -2.30. The van der Waals surface area contributed by atoms with Gasteiger partial charge < -0.3 is 10.1 Å². The fourth-order valence-electron chi connectivity index (χ4n) is 2.51. The number of carbonyl (C=O) groups excluding carboxylic acids is 2. The van der Waals surface area contributed by atoms with Gasteiger partial charge in [0.15, 0.2) is 6.10 Å². The normalized spacial score (nSPS) is 11.5. The molecule has 0 aliphatic carbocycles. The quantitative estimate of drug-likeness (QED) is 0.703. The van der Waals surface area contributed by atoms with E-state index < -0.39 is 18.0 Å². The molecule has 7 heteroatoms. The van der Waals surface area contributed by atoms with Crippen molar-refractivity contribution in [3.05, 3.63) is 65.0 Å². The summed E-state index contributed by atoms with van der Waals surface area (Å²) < 4.78 is 5.27. The van der Waals surface area contributed by atoms with Gasteiger partial charge in [-0.05, 0) is 63.2 Å². The van der Waals surface area contributed by atoms with E-state index in [9.17, 15) is 9.59 Å². The Kier molecular flexibility index (Phi) is 5.32. The van der Waals surface area contributed by atoms with E-state index in [0.29, 0.717) is 27.8 Å². The van der Waals surface area contributed by atoms with Crippen molar-refractivity contribution in [3.63, 3.8) is 0 Å². The van der Waals surface area contributed by atoms with E-state index in [-0.39, 0.29) is 0 Å². The van der Waals surface area contributed by atoms with E-state index in [1.165, 1.54) is 6.92 Å². The Labute approximate surface area is 162 Å². The van der Waals surface area contributed by atoms with Crippen molar-refractivity contribution < 1.29 is 14.3 Å². The Morgan fingerprint density at radius 3 is 2.32 bits per heavy atom. The van der Waals surface area contributed by atoms with Gasteiger partial charge in [0.25, 0.3) is 5.91 Å². The van der Waals surface area contributed by atoms with Crippen LogP contribution in [0.25, 0.3) is 11.0 Å². The monoisotopic (exact) mass is 374 g/mol. The number of ether oxygens (including phenoxy) is 1. The van der Waals surface area contributed by atoms with Crippen LogP contribution in [0.15, 0.2) is 42.5 Å². The minimum atomic E-state index is -0.996. The highest BCUT2D eigenvalue weighted by molar-refractivity contribution is 5.98. The van der Waals surface area contributed by atoms with Gasteiger partial charge in [-0.15, -0.1) is 0 Å². The number of anilines is 1. The minimum Gasteiger partial charge on any atom is -0.449 e. The summed E-state index contributed by atoms with van der Waals surface area (Å²) in [5.74, 6) is -1.09. The number of fused-ring (bicyclic) bond motifs is 1. The van der Waals surface area contributed by atoms with Crippen LogP contribution in [0.4, 0.5) is 5.69 Å². The molecule has 0 spiro atoms. The van der Waals surface area contributed by atoms with Crippen LogP contribution in [-0.2, 0) is 9.53 Å². The molecule has 3 rings (SSSR count). The number of carbonyl (C=O) groups is 2. The van der Waals surface area contributed by atoms with Crippen LogP contribution >= 0.6 is 0 Å². The molecular weight excluding hydrogens is 356 g/mol. The number of nitriles is 1. The summed E-state index contributed by atoms with van der Waals surface area (Å²) in [7, 11) is 0. The molecule has 0 unspecified atom stereocenters. The second-order valence-corrected chi connectivity index (χ2v) is 6.32. The van der Waals surface area contributed by atoms with E-state index in [1.807, 2.05) is 19.9 Å². The van der Waals surface area contributed by atoms with Crippen molar-refractivity contribution in [1.29, 1.82) is 5.26 Å². The lowest BCUT2D eigenvalue weighted by atomic mass is 10.2. The van der Waals surface area contributed by atoms with Crippen molar-refractivity contribution in [2.24, 2.45) is 0 Å². The third-order valence-electron chi connectivity index (χ3n) is 4.25. The van der Waals surface area contributed by atoms with Gasteiger partial charge >= 0.3 is 5.97 Å². The standard InChI is InChI=1S/C21H18N4O3/c1-12-13(2)24-19-10-16(6-9-18(19)23-12)21(27)28-14(3)20(26)25-17-7-4-15(11-22)5-8-17/h4-10,14H,1-3H3,(H,25,26)/t14-/m1/s1. The van der Waals surface area contributed by atoms with Gasteiger partial charge in [-0.2, -0.15) is 5.26 Å². The van der Waals surface area contributed by atoms with Crippen LogP contribution in [-0.4, -0.2) is 27.9 Å². The molecule has 0 radical (unpaired) electrons. The average molecular weight is 374 g/mol. The first-order valence-electron chi connectivity index (χ1n) is 8.64. The summed E-state index contributed by atoms with van der Waals surface area (Å²) in [6, 6.07) is 13.3. The van der Waals surface area contributed by atoms with Crippen LogP contribution in [0, 0.1) is 25.2 Å². The summed E-state index contributed by atoms with van der Waals surface area (Å²) in [5.41, 5.74) is 4.19. The van der Waals surface area contributed by atoms with Crippen molar-refractivity contribution in [2.75, 3.05) is 5.32 Å². The maximum absolute atomic E-state index is 12.4. The molecule has 0 fully saturated rings. The van der Waals surface area contributed by atoms with E-state index in [4.69, 9.17) is 10.00 Å². The zero-order valence-corrected chi connectivity index (χ0v) is 15.7. The van der Waals surface area contributed by atoms with Crippen LogP contribution in [0.1, 0.15) is 34.2 Å². The van der Waals surface area contributed by atoms with E-state index in [0.717, 1.165) is 11.4 Å². The zero-order chi connectivity index (χ0) is 20.3. The Bertz CT molecular complexity index is 1100. The minimum absolute atomic E-state index is 0.295. The van der Waals surface area contributed by atoms with Gasteiger partial charge in [0.2, 0.25) is 0 Å². The molecule has 0 aliphatic rings. The van der Waals surface area contributed by atoms with E-state index in [1.54, 1.807) is 42.5 Å². The molecule has 140 valence electrons. The lowest BCUT2D eigenvalue weighted by molar-refractivity contribution is -0.123. The maximum Gasteiger partial charge on any atom is 0.338 e. The highest BCUT2D eigenvalue weighted by atomic mass is 16.5. The molecule has 1 aromatic heterocycles. The predicted molar refractivity (Wildman–Crippen MR) is 104 cm³/mol. The molecule has 1 heterocycles. The van der Waals surface area contributed by atoms with Crippen LogP contribution in [0.3, 0.4) is 0 Å². The average Bonchev–Trinajstić information content (AvgIpc) is 2.69. The second-order valence-electron chi connectivity index (χ2n) is 6.32. The van der Waals surface area contributed by atoms with Crippen LogP contribution < -0.4 is 5.32 Å². The molecule has 2 aromatic carbocycles. The lowest BCUT2D eigenvalue weighted by Gasteiger charge is -2.14. The van der Waals surface area contributed by atoms with Gasteiger partial charge in [-0.1, -0.05) is 0 Å². The number of esters is 1. The van der Waals surface area contributed by atoms with Crippen LogP contribution in [0.5, 0.6) is 0 Å². The predicted octanol–water partition coefficient (Wildman–Crippen LogP) is 3.30. The summed E-state index contributed by atoms with van der Waals surface area (Å²) in [4.78, 5) is 33.5. The Morgan fingerprint density at radius 2 is 1.68 bits per heavy atom. The van der Waals surface area contributed by atoms with Gasteiger partial charge in [0.1, 0.15) is 0 Å². The highest BCUT2D eigenvalue weighted by Gasteiger charge is 2.19. The number of aryl methyl sites for hydroxylation is 2. The molecule has 28 heavy (non-hydrogen) atoms. The SMILES string of the molecule is Cc1nc2ccc(C(=O)O[C@H](C)C(=O)Nc3ccc(C#N)cc3)cc2nc1C. The molecule has 0 aliphatic heterocycles. The largest absolute Gasteiger partial charge is 0.449 e. The number of hydrogen-bond donors (Lipinski definition) is 1. The molecule has 1 atom stereocenters. The van der Waals surface area contributed by atoms with Crippen molar-refractivity contribution >= 4 is 28.6 Å². The molecular formula is C21H18N4O3. The number of amides is 1. The van der Waals surface area contributed by atoms with E-state index in [2.05, 4.69) is 15.3 Å². The van der Waals surface area contributed by atoms with Gasteiger partial charge in [-0.3, -0.25) is 4.79 Å². The summed E-state index contributed by atoms with van der Waals surface area (Å²) in [6.45, 7) is 5.21. The first-order valence-corrected chi connectivity index (χ1v) is 8.64. The zero-order valence-electron chi connectivity index (χ0n) is 15.7. The fourth-order valence-corrected chi connectivity index (χ4v) is 2.51. The summed E-state index contributed by atoms with van der Waals surface area (Å²) in [5, 5.41) is 11.4. The number of hydrogen-bond acceptors (Lipinski definition) is 6. The molecule has 0 saturated carbocycles. The van der Waals surface area contributed by atoms with E-state index >= 15 is 0 Å². The fraction of sp³-hybridized carbons (Fsp3) is 0.190. The summed E-state index contributed by atoms with van der Waals surface area (Å²) in [6.07, 6.45) is -0.996. The van der Waals surface area contributed by atoms with Gasteiger partial charge in [-0.25, -0.2) is 14.8 Å². The Hall–Kier alpha value is -3.79. The third kappa shape index (κ3) is 4.13. The molecule has 7 nitrogen and oxygen atoms in total. The Balaban J connectivity index is 1.69. The summed E-state index contributed by atoms with van der Waals surface area (Å²) >= 11 is 0. The van der Waals surface area contributed by atoms with Crippen molar-refractivity contribution in [1.82, 2.24) is 9.97 Å². The van der Waals surface area contributed by atoms with Crippen molar-refractivity contribution in [2.45, 2.75) is 26.9 Å². The van der Waals surface area contributed by atoms with Gasteiger partial charge in [0.05, 0.1) is 39.6 Å². The smallest absolute Gasteiger partial charge is 0.338 e. The topological polar surface area (TPSA) is 105 Å². The molecule has 1 amide bonds. The second kappa shape index (κ2) is 7.84. The number of aromatic nitrogens is 2. The molecule has 0 bridgehead atoms. The maximum atomic E-state index is 12.4. The first kappa shape index (κ1) is 19.0. The number of nitrogens with one attached hydrogen (secondary N) is 1. The number of rotatable bonds is 4. The Morgan fingerprint density at radius 1 is 1.04 bits per heavy atom. The molecule has 1 N–H and O–H groups in total. The highest BCUT2D eigenvalue weighted by Crippen LogP contribution is 2.16. The molecule has 0 saturated heterocycles. The van der Waals surface area contributed by atoms with Gasteiger partial charge in [0, 0.05) is 5.69 Å². The van der Waals surface area contributed by atoms with Crippen molar-refractivity contribution in [3.8, 4) is 6.07 Å². The number of nitrogens with zero attached hydrogens (tertiary/aromatic N) is 3. The third-order valence-corrected chi connectivity index (χ3v) is 4.25. The number of benzene rings is 2. The van der Waals surface area contributed by atoms with Crippen LogP contribution in [0.2, 0.25) is 0 Å².